The molecule has 6 nitrogen and oxygen atoms in total. The van der Waals surface area contributed by atoms with Gasteiger partial charge >= 0.3 is 5.97 Å². The van der Waals surface area contributed by atoms with Gasteiger partial charge in [0.25, 0.3) is 0 Å². The SMILES string of the molecule is CNS(=O)(=O)c1cccc([C@H](C)N[C@@H](C)C(=O)OC)c1. The number of carbonyl (C=O) groups is 1. The Balaban J connectivity index is 2.92. The van der Waals surface area contributed by atoms with Crippen LogP contribution in [0, 0.1) is 0 Å². The van der Waals surface area contributed by atoms with Crippen LogP contribution in [-0.2, 0) is 19.6 Å². The van der Waals surface area contributed by atoms with Crippen molar-refractivity contribution in [3.05, 3.63) is 29.8 Å². The summed E-state index contributed by atoms with van der Waals surface area (Å²) in [5, 5.41) is 3.05. The van der Waals surface area contributed by atoms with Gasteiger partial charge in [-0.15, -0.1) is 0 Å². The van der Waals surface area contributed by atoms with Crippen LogP contribution in [0.2, 0.25) is 0 Å². The van der Waals surface area contributed by atoms with Gasteiger partial charge in [0, 0.05) is 6.04 Å². The smallest absolute Gasteiger partial charge is 0.322 e. The van der Waals surface area contributed by atoms with Crippen LogP contribution in [0.5, 0.6) is 0 Å². The third-order valence-corrected chi connectivity index (χ3v) is 4.40. The molecule has 0 bridgehead atoms. The maximum Gasteiger partial charge on any atom is 0.322 e. The molecule has 0 aliphatic rings. The van der Waals surface area contributed by atoms with Crippen LogP contribution in [0.15, 0.2) is 29.2 Å². The zero-order valence-electron chi connectivity index (χ0n) is 12.0. The van der Waals surface area contributed by atoms with Crippen molar-refractivity contribution in [3.8, 4) is 0 Å². The number of hydrogen-bond acceptors (Lipinski definition) is 5. The van der Waals surface area contributed by atoms with E-state index >= 15 is 0 Å². The minimum atomic E-state index is -3.47. The predicted octanol–water partition coefficient (Wildman–Crippen LogP) is 0.807. The van der Waals surface area contributed by atoms with Crippen molar-refractivity contribution in [2.75, 3.05) is 14.2 Å². The average Bonchev–Trinajstić information content (AvgIpc) is 2.46. The highest BCUT2D eigenvalue weighted by Crippen LogP contribution is 2.17. The minimum Gasteiger partial charge on any atom is -0.468 e. The number of benzene rings is 1. The van der Waals surface area contributed by atoms with E-state index in [2.05, 4.69) is 14.8 Å². The summed E-state index contributed by atoms with van der Waals surface area (Å²) in [5.74, 6) is -0.365. The highest BCUT2D eigenvalue weighted by atomic mass is 32.2. The molecular formula is C13H20N2O4S. The third kappa shape index (κ3) is 4.03. The van der Waals surface area contributed by atoms with Gasteiger partial charge in [0.1, 0.15) is 6.04 Å². The van der Waals surface area contributed by atoms with Gasteiger partial charge in [0.05, 0.1) is 12.0 Å². The first kappa shape index (κ1) is 16.6. The molecule has 1 rings (SSSR count). The van der Waals surface area contributed by atoms with Crippen molar-refractivity contribution in [2.45, 2.75) is 30.8 Å². The summed E-state index contributed by atoms with van der Waals surface area (Å²) in [7, 11) is -0.784. The van der Waals surface area contributed by atoms with Crippen LogP contribution in [-0.4, -0.2) is 34.6 Å². The molecule has 0 fully saturated rings. The molecule has 0 spiro atoms. The molecule has 0 heterocycles. The average molecular weight is 300 g/mol. The van der Waals surface area contributed by atoms with Crippen molar-refractivity contribution < 1.29 is 17.9 Å². The highest BCUT2D eigenvalue weighted by molar-refractivity contribution is 7.89. The summed E-state index contributed by atoms with van der Waals surface area (Å²) in [6, 6.07) is 5.91. The van der Waals surface area contributed by atoms with Crippen molar-refractivity contribution in [1.82, 2.24) is 10.0 Å². The van der Waals surface area contributed by atoms with E-state index in [4.69, 9.17) is 0 Å². The lowest BCUT2D eigenvalue weighted by Gasteiger charge is -2.19. The lowest BCUT2D eigenvalue weighted by molar-refractivity contribution is -0.142. The summed E-state index contributed by atoms with van der Waals surface area (Å²) in [5.41, 5.74) is 0.775. The molecule has 20 heavy (non-hydrogen) atoms. The van der Waals surface area contributed by atoms with E-state index in [9.17, 15) is 13.2 Å². The minimum absolute atomic E-state index is 0.184. The number of esters is 1. The fourth-order valence-corrected chi connectivity index (χ4v) is 2.57. The van der Waals surface area contributed by atoms with Gasteiger partial charge in [-0.05, 0) is 38.6 Å². The first-order valence-corrected chi connectivity index (χ1v) is 7.67. The fraction of sp³-hybridized carbons (Fsp3) is 0.462. The van der Waals surface area contributed by atoms with Crippen molar-refractivity contribution in [1.29, 1.82) is 0 Å². The summed E-state index contributed by atoms with van der Waals surface area (Å²) < 4.78 is 30.4. The standard InChI is InChI=1S/C13H20N2O4S/c1-9(15-10(2)13(16)19-4)11-6-5-7-12(8-11)20(17,18)14-3/h5-10,14-15H,1-4H3/t9-,10-/m0/s1. The molecule has 0 aliphatic carbocycles. The van der Waals surface area contributed by atoms with Gasteiger partial charge in [-0.1, -0.05) is 12.1 Å². The number of methoxy groups -OCH3 is 1. The molecule has 0 saturated heterocycles. The van der Waals surface area contributed by atoms with Crippen LogP contribution in [0.25, 0.3) is 0 Å². The Morgan fingerprint density at radius 2 is 1.95 bits per heavy atom. The second kappa shape index (κ2) is 6.83. The van der Waals surface area contributed by atoms with Crippen LogP contribution in [0.1, 0.15) is 25.5 Å². The molecule has 7 heteroatoms. The third-order valence-electron chi connectivity index (χ3n) is 2.99. The van der Waals surface area contributed by atoms with Gasteiger partial charge < -0.3 is 4.74 Å². The monoisotopic (exact) mass is 300 g/mol. The van der Waals surface area contributed by atoms with E-state index in [-0.39, 0.29) is 16.9 Å². The van der Waals surface area contributed by atoms with Crippen LogP contribution < -0.4 is 10.0 Å². The first-order chi connectivity index (χ1) is 9.31. The van der Waals surface area contributed by atoms with Crippen LogP contribution in [0.4, 0.5) is 0 Å². The maximum absolute atomic E-state index is 11.7. The van der Waals surface area contributed by atoms with E-state index in [1.807, 2.05) is 6.92 Å². The molecular weight excluding hydrogens is 280 g/mol. The van der Waals surface area contributed by atoms with Crippen molar-refractivity contribution in [3.63, 3.8) is 0 Å². The molecule has 0 aromatic heterocycles. The van der Waals surface area contributed by atoms with Gasteiger partial charge in [-0.2, -0.15) is 0 Å². The van der Waals surface area contributed by atoms with E-state index in [1.165, 1.54) is 20.2 Å². The maximum atomic E-state index is 11.7. The molecule has 112 valence electrons. The predicted molar refractivity (Wildman–Crippen MR) is 75.7 cm³/mol. The van der Waals surface area contributed by atoms with Gasteiger partial charge in [0.2, 0.25) is 10.0 Å². The zero-order chi connectivity index (χ0) is 15.3. The van der Waals surface area contributed by atoms with Crippen LogP contribution >= 0.6 is 0 Å². The molecule has 1 aromatic carbocycles. The Labute approximate surface area is 119 Å². The summed E-state index contributed by atoms with van der Waals surface area (Å²) in [4.78, 5) is 11.6. The lowest BCUT2D eigenvalue weighted by Crippen LogP contribution is -2.36. The molecule has 2 N–H and O–H groups in total. The Bertz CT molecular complexity index is 571. The molecule has 0 unspecified atom stereocenters. The summed E-state index contributed by atoms with van der Waals surface area (Å²) >= 11 is 0. The second-order valence-corrected chi connectivity index (χ2v) is 6.30. The molecule has 2 atom stereocenters. The molecule has 0 aliphatic heterocycles. The Hall–Kier alpha value is -1.44. The van der Waals surface area contributed by atoms with Crippen molar-refractivity contribution in [2.24, 2.45) is 0 Å². The highest BCUT2D eigenvalue weighted by Gasteiger charge is 2.18. The summed E-state index contributed by atoms with van der Waals surface area (Å²) in [6.07, 6.45) is 0. The number of nitrogens with one attached hydrogen (secondary N) is 2. The quantitative estimate of drug-likeness (QED) is 0.759. The van der Waals surface area contributed by atoms with Crippen LogP contribution in [0.3, 0.4) is 0 Å². The lowest BCUT2D eigenvalue weighted by atomic mass is 10.1. The molecule has 0 radical (unpaired) electrons. The Morgan fingerprint density at radius 3 is 2.50 bits per heavy atom. The number of carbonyl (C=O) groups excluding carboxylic acids is 1. The molecule has 1 aromatic rings. The van der Waals surface area contributed by atoms with E-state index < -0.39 is 16.1 Å². The second-order valence-electron chi connectivity index (χ2n) is 4.41. The number of sulfonamides is 1. The molecule has 0 amide bonds. The normalized spacial score (nSPS) is 14.6. The van der Waals surface area contributed by atoms with Crippen molar-refractivity contribution >= 4 is 16.0 Å². The molecule has 0 saturated carbocycles. The van der Waals surface area contributed by atoms with Gasteiger partial charge in [-0.3, -0.25) is 10.1 Å². The van der Waals surface area contributed by atoms with Gasteiger partial charge in [0.15, 0.2) is 0 Å². The van der Waals surface area contributed by atoms with Gasteiger partial charge in [-0.25, -0.2) is 13.1 Å². The fourth-order valence-electron chi connectivity index (χ4n) is 1.78. The topological polar surface area (TPSA) is 84.5 Å². The zero-order valence-corrected chi connectivity index (χ0v) is 12.8. The van der Waals surface area contributed by atoms with E-state index in [1.54, 1.807) is 25.1 Å². The summed E-state index contributed by atoms with van der Waals surface area (Å²) in [6.45, 7) is 3.54. The van der Waals surface area contributed by atoms with E-state index in [0.29, 0.717) is 0 Å². The Morgan fingerprint density at radius 1 is 1.30 bits per heavy atom. The largest absolute Gasteiger partial charge is 0.468 e. The van der Waals surface area contributed by atoms with E-state index in [0.717, 1.165) is 5.56 Å². The first-order valence-electron chi connectivity index (χ1n) is 6.19. The number of ether oxygens (including phenoxy) is 1. The number of hydrogen-bond donors (Lipinski definition) is 2. The number of rotatable bonds is 6. The Kier molecular flexibility index (Phi) is 5.67.